The summed E-state index contributed by atoms with van der Waals surface area (Å²) in [5.41, 5.74) is 1.06. The van der Waals surface area contributed by atoms with Gasteiger partial charge in [-0.15, -0.1) is 0 Å². The van der Waals surface area contributed by atoms with Crippen molar-refractivity contribution in [3.8, 4) is 5.75 Å². The first-order chi connectivity index (χ1) is 6.86. The van der Waals surface area contributed by atoms with Crippen LogP contribution >= 0.6 is 0 Å². The fraction of sp³-hybridized carbons (Fsp3) is 0.300. The summed E-state index contributed by atoms with van der Waals surface area (Å²) in [5, 5.41) is 0. The molecule has 0 bridgehead atoms. The maximum absolute atomic E-state index is 9.69. The van der Waals surface area contributed by atoms with Crippen LogP contribution < -0.4 is 4.74 Å². The van der Waals surface area contributed by atoms with Crippen LogP contribution in [-0.2, 0) is 41.3 Å². The van der Waals surface area contributed by atoms with Crippen LogP contribution in [0.2, 0.25) is 0 Å². The van der Waals surface area contributed by atoms with E-state index in [0.29, 0.717) is 12.4 Å². The molecular formula is C10H11O4Re-. The van der Waals surface area contributed by atoms with Gasteiger partial charge in [-0.2, -0.15) is 0 Å². The Hall–Kier alpha value is -0.888. The minimum absolute atomic E-state index is 0. The second-order valence-electron chi connectivity index (χ2n) is 2.57. The molecule has 0 aliphatic carbocycles. The van der Waals surface area contributed by atoms with Crippen LogP contribution in [0.3, 0.4) is 0 Å². The van der Waals surface area contributed by atoms with Crippen LogP contribution in [0.15, 0.2) is 24.3 Å². The van der Waals surface area contributed by atoms with Gasteiger partial charge in [0.2, 0.25) is 0 Å². The molecule has 83 valence electrons. The zero-order valence-electron chi connectivity index (χ0n) is 8.23. The first kappa shape index (κ1) is 14.1. The van der Waals surface area contributed by atoms with E-state index in [0.717, 1.165) is 5.56 Å². The number of benzene rings is 1. The molecule has 0 fully saturated rings. The fourth-order valence-electron chi connectivity index (χ4n) is 0.970. The minimum Gasteiger partial charge on any atom is -0.626 e. The fourth-order valence-corrected chi connectivity index (χ4v) is 0.970. The number of hydrogen-bond donors (Lipinski definition) is 0. The second kappa shape index (κ2) is 8.42. The number of rotatable bonds is 6. The zero-order chi connectivity index (χ0) is 10.2. The van der Waals surface area contributed by atoms with Gasteiger partial charge in [0.15, 0.2) is 6.79 Å². The van der Waals surface area contributed by atoms with Gasteiger partial charge in [-0.25, -0.2) is 0 Å². The van der Waals surface area contributed by atoms with Crippen molar-refractivity contribution < 1.29 is 39.4 Å². The predicted octanol–water partition coefficient (Wildman–Crippen LogP) is 1.25. The maximum Gasteiger partial charge on any atom is 0.199 e. The Morgan fingerprint density at radius 3 is 2.47 bits per heavy atom. The number of hydrogen-bond acceptors (Lipinski definition) is 4. The molecule has 0 unspecified atom stereocenters. The van der Waals surface area contributed by atoms with Crippen molar-refractivity contribution in [2.45, 2.75) is 6.61 Å². The monoisotopic (exact) mass is 382 g/mol. The molecule has 0 spiro atoms. The number of carbonyl (C=O) groups excluding carboxylic acids is 1. The third-order valence-electron chi connectivity index (χ3n) is 1.58. The van der Waals surface area contributed by atoms with Gasteiger partial charge in [-0.3, -0.25) is 0 Å². The van der Waals surface area contributed by atoms with E-state index in [1.165, 1.54) is 6.47 Å². The summed E-state index contributed by atoms with van der Waals surface area (Å²) in [4.78, 5) is 9.69. The minimum atomic E-state index is -0.118. The zero-order valence-corrected chi connectivity index (χ0v) is 11.0. The first-order valence-corrected chi connectivity index (χ1v) is 4.06. The Morgan fingerprint density at radius 2 is 1.93 bits per heavy atom. The van der Waals surface area contributed by atoms with Gasteiger partial charge in [0, 0.05) is 27.5 Å². The van der Waals surface area contributed by atoms with Crippen molar-refractivity contribution in [3.05, 3.63) is 29.8 Å². The normalized spacial score (nSPS) is 8.87. The van der Waals surface area contributed by atoms with Gasteiger partial charge in [-0.1, -0.05) is 18.6 Å². The topological polar surface area (TPSA) is 44.8 Å². The largest absolute Gasteiger partial charge is 0.626 e. The molecule has 1 aromatic carbocycles. The van der Waals surface area contributed by atoms with Crippen LogP contribution in [0.5, 0.6) is 5.75 Å². The molecule has 0 heterocycles. The molecule has 4 nitrogen and oxygen atoms in total. The van der Waals surface area contributed by atoms with Crippen molar-refractivity contribution in [2.24, 2.45) is 0 Å². The van der Waals surface area contributed by atoms with E-state index in [4.69, 9.17) is 9.47 Å². The smallest absolute Gasteiger partial charge is 0.199 e. The quantitative estimate of drug-likeness (QED) is 0.423. The molecule has 0 aliphatic heterocycles. The molecule has 0 amide bonds. The van der Waals surface area contributed by atoms with E-state index in [1.54, 1.807) is 19.2 Å². The van der Waals surface area contributed by atoms with Gasteiger partial charge in [0.25, 0.3) is 0 Å². The molecule has 0 aliphatic rings. The Balaban J connectivity index is 0.00000196. The van der Waals surface area contributed by atoms with Crippen LogP contribution in [-0.4, -0.2) is 20.4 Å². The molecule has 1 aromatic rings. The van der Waals surface area contributed by atoms with Crippen LogP contribution in [0, 0.1) is 0 Å². The van der Waals surface area contributed by atoms with Crippen LogP contribution in [0.25, 0.3) is 0 Å². The molecule has 5 heteroatoms. The first-order valence-electron chi connectivity index (χ1n) is 4.06. The van der Waals surface area contributed by atoms with Crippen molar-refractivity contribution in [3.63, 3.8) is 0 Å². The SMILES string of the molecule is COCc1ccc(OCO[C-]=O)cc1.[Re]. The van der Waals surface area contributed by atoms with Crippen molar-refractivity contribution in [2.75, 3.05) is 13.9 Å². The average molecular weight is 381 g/mol. The Bertz CT molecular complexity index is 273. The van der Waals surface area contributed by atoms with E-state index >= 15 is 0 Å². The Kier molecular flexibility index (Phi) is 7.92. The standard InChI is InChI=1S/C10H11O4.Re/c1-12-6-9-2-4-10(5-3-9)14-8-13-7-11;/h2-5H,6,8H2,1H3;/q-1;. The van der Waals surface area contributed by atoms with Gasteiger partial charge >= 0.3 is 0 Å². The molecule has 0 saturated heterocycles. The third-order valence-corrected chi connectivity index (χ3v) is 1.58. The summed E-state index contributed by atoms with van der Waals surface area (Å²) in [7, 11) is 1.64. The predicted molar refractivity (Wildman–Crippen MR) is 49.4 cm³/mol. The maximum atomic E-state index is 9.69. The molecule has 0 saturated carbocycles. The van der Waals surface area contributed by atoms with Crippen LogP contribution in [0.4, 0.5) is 0 Å². The average Bonchev–Trinajstić information content (AvgIpc) is 2.21. The molecule has 0 atom stereocenters. The molecule has 1 rings (SSSR count). The summed E-state index contributed by atoms with van der Waals surface area (Å²) in [5.74, 6) is 0.639. The summed E-state index contributed by atoms with van der Waals surface area (Å²) in [6.45, 7) is 1.73. The van der Waals surface area contributed by atoms with Gasteiger partial charge in [0.1, 0.15) is 5.75 Å². The molecule has 0 aromatic heterocycles. The Morgan fingerprint density at radius 1 is 1.27 bits per heavy atom. The van der Waals surface area contributed by atoms with Crippen LogP contribution in [0.1, 0.15) is 5.56 Å². The molecule has 15 heavy (non-hydrogen) atoms. The molecule has 1 radical (unpaired) electrons. The van der Waals surface area contributed by atoms with E-state index < -0.39 is 0 Å². The summed E-state index contributed by atoms with van der Waals surface area (Å²) in [6, 6.07) is 7.32. The van der Waals surface area contributed by atoms with E-state index in [1.807, 2.05) is 12.1 Å². The van der Waals surface area contributed by atoms with E-state index in [9.17, 15) is 4.79 Å². The molecular weight excluding hydrogens is 370 g/mol. The van der Waals surface area contributed by atoms with E-state index in [-0.39, 0.29) is 27.2 Å². The van der Waals surface area contributed by atoms with Gasteiger partial charge in [-0.05, 0) is 17.7 Å². The van der Waals surface area contributed by atoms with Gasteiger partial charge in [0.05, 0.1) is 6.61 Å². The number of methoxy groups -OCH3 is 1. The summed E-state index contributed by atoms with van der Waals surface area (Å²) < 4.78 is 14.3. The molecule has 0 N–H and O–H groups in total. The van der Waals surface area contributed by atoms with Crippen molar-refractivity contribution >= 4 is 6.47 Å². The Labute approximate surface area is 102 Å². The van der Waals surface area contributed by atoms with Gasteiger partial charge < -0.3 is 19.0 Å². The van der Waals surface area contributed by atoms with Crippen molar-refractivity contribution in [1.29, 1.82) is 0 Å². The third kappa shape index (κ3) is 5.53. The summed E-state index contributed by atoms with van der Waals surface area (Å²) >= 11 is 0. The summed E-state index contributed by atoms with van der Waals surface area (Å²) in [6.07, 6.45) is 0. The second-order valence-corrected chi connectivity index (χ2v) is 2.57. The van der Waals surface area contributed by atoms with Crippen molar-refractivity contribution in [1.82, 2.24) is 0 Å². The van der Waals surface area contributed by atoms with E-state index in [2.05, 4.69) is 4.74 Å². The number of ether oxygens (including phenoxy) is 3.